The van der Waals surface area contributed by atoms with Gasteiger partial charge in [0.25, 0.3) is 0 Å². The maximum atomic E-state index is 12.2. The van der Waals surface area contributed by atoms with Gasteiger partial charge in [0.05, 0.1) is 18.0 Å². The largest absolute Gasteiger partial charge is 1.00 e. The molecule has 4 atom stereocenters. The van der Waals surface area contributed by atoms with Crippen molar-refractivity contribution in [3.8, 4) is 11.9 Å². The average Bonchev–Trinajstić information content (AvgIpc) is 3.04. The van der Waals surface area contributed by atoms with Crippen LogP contribution in [0.25, 0.3) is 22.1 Å². The summed E-state index contributed by atoms with van der Waals surface area (Å²) < 4.78 is 6.64. The Bertz CT molecular complexity index is 987. The van der Waals surface area contributed by atoms with Crippen molar-refractivity contribution in [2.24, 2.45) is 0 Å². The summed E-state index contributed by atoms with van der Waals surface area (Å²) in [6, 6.07) is -1.03. The molecule has 0 amide bonds. The number of hydrogen-bond donors (Lipinski definition) is 4. The predicted octanol–water partition coefficient (Wildman–Crippen LogP) is -9.28. The molecule has 0 spiro atoms. The van der Waals surface area contributed by atoms with E-state index >= 15 is 0 Å². The van der Waals surface area contributed by atoms with Crippen LogP contribution in [0.4, 0.5) is 5.82 Å². The number of ether oxygens (including phenoxy) is 1. The maximum Gasteiger partial charge on any atom is 1.00 e. The summed E-state index contributed by atoms with van der Waals surface area (Å²) in [4.78, 5) is 14.8. The van der Waals surface area contributed by atoms with E-state index < -0.39 is 43.0 Å². The quantitative estimate of drug-likeness (QED) is 0.301. The molecule has 1 aliphatic heterocycles. The third kappa shape index (κ3) is 3.40. The molecule has 0 radical (unpaired) electrons. The minimum atomic E-state index is -1.47. The third-order valence-corrected chi connectivity index (χ3v) is 4.17. The van der Waals surface area contributed by atoms with Crippen LogP contribution in [0.2, 0.25) is 0 Å². The van der Waals surface area contributed by atoms with Gasteiger partial charge in [0.2, 0.25) is 0 Å². The van der Waals surface area contributed by atoms with Crippen molar-refractivity contribution in [2.75, 3.05) is 12.3 Å². The fourth-order valence-electron chi connectivity index (χ4n) is 3.05. The molecule has 3 aromatic rings. The number of aliphatic hydroxyl groups excluding tert-OH is 3. The SMILES string of the molecule is Nc1ncnc2c1c1c([O-])nc([O-])nc1n2C1OC(CO)C(O)C1O.[Na+].[Na+]. The molecule has 0 saturated carbocycles. The van der Waals surface area contributed by atoms with E-state index in [0.29, 0.717) is 0 Å². The first kappa shape index (κ1) is 22.5. The first-order chi connectivity index (χ1) is 11.9. The summed E-state index contributed by atoms with van der Waals surface area (Å²) >= 11 is 0. The number of hydrogen-bond acceptors (Lipinski definition) is 11. The van der Waals surface area contributed by atoms with E-state index in [1.54, 1.807) is 0 Å². The van der Waals surface area contributed by atoms with Crippen molar-refractivity contribution < 1.29 is 89.4 Å². The predicted molar refractivity (Wildman–Crippen MR) is 76.9 cm³/mol. The molecule has 0 aliphatic carbocycles. The van der Waals surface area contributed by atoms with Gasteiger partial charge in [-0.3, -0.25) is 9.55 Å². The van der Waals surface area contributed by atoms with Gasteiger partial charge in [-0.15, -0.1) is 0 Å². The van der Waals surface area contributed by atoms with Gasteiger partial charge in [-0.05, 0) is 0 Å². The molecule has 0 aromatic carbocycles. The minimum Gasteiger partial charge on any atom is -0.858 e. The van der Waals surface area contributed by atoms with Crippen LogP contribution in [0.1, 0.15) is 6.23 Å². The van der Waals surface area contributed by atoms with Crippen molar-refractivity contribution in [3.05, 3.63) is 6.33 Å². The molecule has 5 N–H and O–H groups in total. The van der Waals surface area contributed by atoms with Crippen molar-refractivity contribution in [1.82, 2.24) is 24.5 Å². The summed E-state index contributed by atoms with van der Waals surface area (Å²) in [7, 11) is 0. The Morgan fingerprint density at radius 2 is 1.78 bits per heavy atom. The van der Waals surface area contributed by atoms with Gasteiger partial charge in [-0.25, -0.2) is 15.0 Å². The van der Waals surface area contributed by atoms with Gasteiger partial charge in [-0.2, -0.15) is 0 Å². The number of nitrogens with zero attached hydrogens (tertiary/aromatic N) is 5. The Kier molecular flexibility index (Phi) is 6.90. The van der Waals surface area contributed by atoms with Gasteiger partial charge in [0.1, 0.15) is 41.8 Å². The topological polar surface area (TPSA) is 199 Å². The summed E-state index contributed by atoms with van der Waals surface area (Å²) in [5.41, 5.74) is 5.75. The van der Waals surface area contributed by atoms with Crippen LogP contribution in [-0.4, -0.2) is 64.7 Å². The van der Waals surface area contributed by atoms with Crippen molar-refractivity contribution >= 4 is 27.9 Å². The van der Waals surface area contributed by atoms with Crippen molar-refractivity contribution in [2.45, 2.75) is 24.5 Å². The summed E-state index contributed by atoms with van der Waals surface area (Å²) in [5.74, 6) is -0.910. The van der Waals surface area contributed by atoms with Crippen LogP contribution in [-0.2, 0) is 4.74 Å². The Balaban J connectivity index is 0.00000131. The first-order valence-corrected chi connectivity index (χ1v) is 7.22. The van der Waals surface area contributed by atoms with Crippen LogP contribution in [0.3, 0.4) is 0 Å². The summed E-state index contributed by atoms with van der Waals surface area (Å²) in [6.45, 7) is -0.544. The van der Waals surface area contributed by atoms with E-state index in [4.69, 9.17) is 10.5 Å². The standard InChI is InChI=1S/C13H14N6O6.2Na/c14-8-4-5-10(17-13(24)18-11(5)23)19(9(4)16-2-15-8)12-7(22)6(21)3(1-20)25-12;;/h2-3,6-7,12,20-22H,1H2,(H2,14,15,16)(H2,17,18,23,24);;/q;2*+1/p-2. The second-order valence-corrected chi connectivity index (χ2v) is 5.57. The normalized spacial score (nSPS) is 24.7. The number of aromatic nitrogens is 5. The zero-order valence-corrected chi connectivity index (χ0v) is 18.5. The summed E-state index contributed by atoms with van der Waals surface area (Å²) in [6.07, 6.45) is -4.04. The van der Waals surface area contributed by atoms with E-state index in [9.17, 15) is 25.5 Å². The molecular formula is C13H12N6Na2O6. The Morgan fingerprint density at radius 3 is 2.41 bits per heavy atom. The molecule has 1 saturated heterocycles. The molecular weight excluding hydrogens is 382 g/mol. The molecule has 27 heavy (non-hydrogen) atoms. The van der Waals surface area contributed by atoms with Gasteiger partial charge < -0.3 is 36.0 Å². The zero-order valence-electron chi connectivity index (χ0n) is 14.5. The van der Waals surface area contributed by atoms with Crippen LogP contribution in [0.5, 0.6) is 11.9 Å². The van der Waals surface area contributed by atoms with Gasteiger partial charge in [0, 0.05) is 11.3 Å². The minimum absolute atomic E-state index is 0. The van der Waals surface area contributed by atoms with E-state index in [0.717, 1.165) is 6.33 Å². The monoisotopic (exact) mass is 394 g/mol. The number of rotatable bonds is 2. The van der Waals surface area contributed by atoms with Crippen LogP contribution >= 0.6 is 0 Å². The first-order valence-electron chi connectivity index (χ1n) is 7.22. The molecule has 12 nitrogen and oxygen atoms in total. The number of nitrogens with two attached hydrogens (primary N) is 1. The van der Waals surface area contributed by atoms with E-state index in [2.05, 4.69) is 19.9 Å². The van der Waals surface area contributed by atoms with Crippen LogP contribution in [0, 0.1) is 0 Å². The van der Waals surface area contributed by atoms with Crippen molar-refractivity contribution in [1.29, 1.82) is 0 Å². The van der Waals surface area contributed by atoms with E-state index in [1.807, 2.05) is 0 Å². The molecule has 14 heteroatoms. The number of anilines is 1. The molecule has 4 unspecified atom stereocenters. The second kappa shape index (κ2) is 8.29. The van der Waals surface area contributed by atoms with Gasteiger partial charge >= 0.3 is 59.1 Å². The third-order valence-electron chi connectivity index (χ3n) is 4.17. The Morgan fingerprint density at radius 1 is 1.07 bits per heavy atom. The Labute approximate surface area is 195 Å². The zero-order chi connectivity index (χ0) is 17.9. The van der Waals surface area contributed by atoms with E-state index in [1.165, 1.54) is 4.57 Å². The number of fused-ring (bicyclic) bond motifs is 3. The van der Waals surface area contributed by atoms with Crippen LogP contribution in [0.15, 0.2) is 6.33 Å². The molecule has 4 rings (SSSR count). The fourth-order valence-corrected chi connectivity index (χ4v) is 3.05. The number of nitrogen functional groups attached to an aromatic ring is 1. The van der Waals surface area contributed by atoms with Crippen molar-refractivity contribution in [3.63, 3.8) is 0 Å². The molecule has 132 valence electrons. The fraction of sp³-hybridized carbons (Fsp3) is 0.385. The van der Waals surface area contributed by atoms with Crippen LogP contribution < -0.4 is 75.1 Å². The van der Waals surface area contributed by atoms with E-state index in [-0.39, 0.29) is 87.0 Å². The number of aliphatic hydroxyl groups is 3. The molecule has 1 aliphatic rings. The smallest absolute Gasteiger partial charge is 0.858 e. The molecule has 1 fully saturated rings. The maximum absolute atomic E-state index is 12.2. The average molecular weight is 394 g/mol. The summed E-state index contributed by atoms with van der Waals surface area (Å²) in [5, 5.41) is 53.3. The second-order valence-electron chi connectivity index (χ2n) is 5.57. The molecule has 4 heterocycles. The van der Waals surface area contributed by atoms with Gasteiger partial charge in [-0.1, -0.05) is 0 Å². The van der Waals surface area contributed by atoms with Gasteiger partial charge in [0.15, 0.2) is 6.23 Å². The molecule has 0 bridgehead atoms. The molecule has 3 aromatic heterocycles. The Hall–Kier alpha value is -0.800.